The van der Waals surface area contributed by atoms with Crippen molar-refractivity contribution in [2.45, 2.75) is 26.4 Å². The molecule has 200 valence electrons. The van der Waals surface area contributed by atoms with Crippen LogP contribution in [-0.4, -0.2) is 76.5 Å². The van der Waals surface area contributed by atoms with Gasteiger partial charge in [0.25, 0.3) is 5.91 Å². The number of fused-ring (bicyclic) bond motifs is 4. The van der Waals surface area contributed by atoms with Gasteiger partial charge in [-0.1, -0.05) is 13.8 Å². The smallest absolute Gasteiger partial charge is 0.256 e. The van der Waals surface area contributed by atoms with Crippen molar-refractivity contribution in [3.8, 4) is 22.9 Å². The number of methoxy groups -OCH3 is 1. The first-order valence-corrected chi connectivity index (χ1v) is 12.5. The number of amides is 3. The summed E-state index contributed by atoms with van der Waals surface area (Å²) in [7, 11) is 1.55. The molecule has 1 aliphatic heterocycles. The Balaban J connectivity index is 1.66. The summed E-state index contributed by atoms with van der Waals surface area (Å²) in [5, 5.41) is 5.70. The van der Waals surface area contributed by atoms with Crippen LogP contribution in [0.2, 0.25) is 0 Å². The van der Waals surface area contributed by atoms with Crippen LogP contribution in [0.3, 0.4) is 0 Å². The SMILES string of the molecule is COc1ccc2cc1OCCN(C(=O)c1cccnc1)CC(=O)N[C@H](C(C)C)C(=O)NCCn1ccnc1-2. The maximum absolute atomic E-state index is 13.3. The Morgan fingerprint density at radius 3 is 2.76 bits per heavy atom. The number of nitrogens with zero attached hydrogens (tertiary/aromatic N) is 4. The molecule has 4 rings (SSSR count). The van der Waals surface area contributed by atoms with Crippen LogP contribution in [0.4, 0.5) is 0 Å². The van der Waals surface area contributed by atoms with Crippen molar-refractivity contribution in [1.82, 2.24) is 30.1 Å². The largest absolute Gasteiger partial charge is 0.493 e. The zero-order chi connectivity index (χ0) is 27.1. The Kier molecular flexibility index (Phi) is 8.57. The molecule has 3 aromatic rings. The normalized spacial score (nSPS) is 17.1. The first-order valence-electron chi connectivity index (χ1n) is 12.5. The van der Waals surface area contributed by atoms with Crippen molar-refractivity contribution in [3.05, 3.63) is 60.7 Å². The van der Waals surface area contributed by atoms with E-state index in [1.165, 1.54) is 11.1 Å². The van der Waals surface area contributed by atoms with Gasteiger partial charge in [0.1, 0.15) is 18.5 Å². The molecule has 0 saturated carbocycles. The molecule has 2 N–H and O–H groups in total. The summed E-state index contributed by atoms with van der Waals surface area (Å²) in [5.41, 5.74) is 1.15. The topological polar surface area (TPSA) is 128 Å². The standard InChI is InChI=1S/C27H32N6O5/c1-18(2)24-26(35)30-10-12-32-11-9-29-25(32)19-6-7-21(37-3)22(15-19)38-14-13-33(17-23(34)31-24)27(36)20-5-4-8-28-16-20/h4-9,11,15-16,18,24H,10,12-14,17H2,1-3H3,(H,30,35)(H,31,34)/t24-/m1/s1. The summed E-state index contributed by atoms with van der Waals surface area (Å²) in [6.07, 6.45) is 6.55. The molecular formula is C27H32N6O5. The monoisotopic (exact) mass is 520 g/mol. The third-order valence-corrected chi connectivity index (χ3v) is 6.20. The number of pyridine rings is 1. The van der Waals surface area contributed by atoms with Gasteiger partial charge in [0, 0.05) is 43.4 Å². The van der Waals surface area contributed by atoms with Crippen LogP contribution >= 0.6 is 0 Å². The molecule has 1 atom stereocenters. The number of ether oxygens (including phenoxy) is 2. The molecule has 3 amide bonds. The van der Waals surface area contributed by atoms with E-state index >= 15 is 0 Å². The lowest BCUT2D eigenvalue weighted by Crippen LogP contribution is -2.53. The summed E-state index contributed by atoms with van der Waals surface area (Å²) >= 11 is 0. The molecule has 0 spiro atoms. The molecule has 3 heterocycles. The van der Waals surface area contributed by atoms with Crippen LogP contribution < -0.4 is 20.1 Å². The molecule has 0 aliphatic carbocycles. The van der Waals surface area contributed by atoms with Crippen molar-refractivity contribution >= 4 is 17.7 Å². The van der Waals surface area contributed by atoms with E-state index < -0.39 is 11.9 Å². The minimum atomic E-state index is -0.758. The maximum atomic E-state index is 13.3. The lowest BCUT2D eigenvalue weighted by molar-refractivity contribution is -0.130. The van der Waals surface area contributed by atoms with Crippen LogP contribution in [0.1, 0.15) is 24.2 Å². The fraction of sp³-hybridized carbons (Fsp3) is 0.370. The molecular weight excluding hydrogens is 488 g/mol. The molecule has 1 aliphatic rings. The molecule has 0 unspecified atom stereocenters. The zero-order valence-corrected chi connectivity index (χ0v) is 21.7. The van der Waals surface area contributed by atoms with E-state index in [1.807, 2.05) is 36.7 Å². The van der Waals surface area contributed by atoms with Crippen LogP contribution in [0.15, 0.2) is 55.1 Å². The van der Waals surface area contributed by atoms with Gasteiger partial charge in [0.05, 0.1) is 25.8 Å². The van der Waals surface area contributed by atoms with Crippen LogP contribution in [0, 0.1) is 5.92 Å². The molecule has 0 radical (unpaired) electrons. The van der Waals surface area contributed by atoms with E-state index in [-0.39, 0.29) is 37.4 Å². The van der Waals surface area contributed by atoms with Gasteiger partial charge in [-0.15, -0.1) is 0 Å². The predicted molar refractivity (Wildman–Crippen MR) is 140 cm³/mol. The van der Waals surface area contributed by atoms with Crippen molar-refractivity contribution in [2.75, 3.05) is 33.4 Å². The minimum absolute atomic E-state index is 0.0988. The van der Waals surface area contributed by atoms with E-state index in [0.717, 1.165) is 5.56 Å². The fourth-order valence-corrected chi connectivity index (χ4v) is 4.21. The van der Waals surface area contributed by atoms with Gasteiger partial charge in [-0.05, 0) is 36.2 Å². The number of carbonyl (C=O) groups excluding carboxylic acids is 3. The third-order valence-electron chi connectivity index (χ3n) is 6.20. The number of aromatic nitrogens is 3. The Bertz CT molecular complexity index is 1280. The summed E-state index contributed by atoms with van der Waals surface area (Å²) in [5.74, 6) is 0.442. The molecule has 2 aromatic heterocycles. The van der Waals surface area contributed by atoms with Gasteiger partial charge in [0.2, 0.25) is 11.8 Å². The highest BCUT2D eigenvalue weighted by Gasteiger charge is 2.27. The number of hydrogen-bond acceptors (Lipinski definition) is 7. The lowest BCUT2D eigenvalue weighted by atomic mass is 10.0. The first-order chi connectivity index (χ1) is 18.4. The van der Waals surface area contributed by atoms with Gasteiger partial charge in [-0.3, -0.25) is 19.4 Å². The van der Waals surface area contributed by atoms with Gasteiger partial charge < -0.3 is 29.6 Å². The second-order valence-corrected chi connectivity index (χ2v) is 9.21. The fourth-order valence-electron chi connectivity index (χ4n) is 4.21. The predicted octanol–water partition coefficient (Wildman–Crippen LogP) is 1.75. The molecule has 0 saturated heterocycles. The van der Waals surface area contributed by atoms with Crippen molar-refractivity contribution in [3.63, 3.8) is 0 Å². The number of nitrogens with one attached hydrogen (secondary N) is 2. The van der Waals surface area contributed by atoms with Gasteiger partial charge in [-0.25, -0.2) is 4.98 Å². The quantitative estimate of drug-likeness (QED) is 0.539. The molecule has 2 bridgehead atoms. The minimum Gasteiger partial charge on any atom is -0.493 e. The van der Waals surface area contributed by atoms with E-state index in [4.69, 9.17) is 9.47 Å². The lowest BCUT2D eigenvalue weighted by Gasteiger charge is -2.26. The van der Waals surface area contributed by atoms with E-state index in [9.17, 15) is 14.4 Å². The maximum Gasteiger partial charge on any atom is 0.256 e. The molecule has 1 aromatic carbocycles. The summed E-state index contributed by atoms with van der Waals surface area (Å²) in [4.78, 5) is 49.1. The molecule has 11 heteroatoms. The highest BCUT2D eigenvalue weighted by Crippen LogP contribution is 2.32. The number of hydrogen-bond donors (Lipinski definition) is 2. The van der Waals surface area contributed by atoms with E-state index in [1.54, 1.807) is 37.7 Å². The second kappa shape index (κ2) is 12.2. The Morgan fingerprint density at radius 2 is 2.03 bits per heavy atom. The van der Waals surface area contributed by atoms with Crippen molar-refractivity contribution < 1.29 is 23.9 Å². The van der Waals surface area contributed by atoms with Crippen molar-refractivity contribution in [2.24, 2.45) is 5.92 Å². The first kappa shape index (κ1) is 26.6. The highest BCUT2D eigenvalue weighted by atomic mass is 16.5. The average molecular weight is 521 g/mol. The average Bonchev–Trinajstić information content (AvgIpc) is 3.39. The van der Waals surface area contributed by atoms with E-state index in [0.29, 0.717) is 36.0 Å². The Morgan fingerprint density at radius 1 is 1.18 bits per heavy atom. The summed E-state index contributed by atoms with van der Waals surface area (Å²) < 4.78 is 13.4. The summed E-state index contributed by atoms with van der Waals surface area (Å²) in [6.45, 7) is 4.49. The number of imidazole rings is 1. The summed E-state index contributed by atoms with van der Waals surface area (Å²) in [6, 6.07) is 8.03. The zero-order valence-electron chi connectivity index (χ0n) is 21.7. The Hall–Kier alpha value is -4.41. The van der Waals surface area contributed by atoms with E-state index in [2.05, 4.69) is 20.6 Å². The van der Waals surface area contributed by atoms with Crippen LogP contribution in [-0.2, 0) is 16.1 Å². The second-order valence-electron chi connectivity index (χ2n) is 9.21. The highest BCUT2D eigenvalue weighted by molar-refractivity contribution is 5.97. The van der Waals surface area contributed by atoms with Gasteiger partial charge in [-0.2, -0.15) is 0 Å². The number of carbonyl (C=O) groups is 3. The molecule has 11 nitrogen and oxygen atoms in total. The number of benzene rings is 1. The van der Waals surface area contributed by atoms with Crippen LogP contribution in [0.25, 0.3) is 11.4 Å². The van der Waals surface area contributed by atoms with Crippen LogP contribution in [0.5, 0.6) is 11.5 Å². The van der Waals surface area contributed by atoms with Gasteiger partial charge >= 0.3 is 0 Å². The molecule has 0 fully saturated rings. The third kappa shape index (κ3) is 6.28. The number of rotatable bonds is 3. The Labute approximate surface area is 221 Å². The molecule has 38 heavy (non-hydrogen) atoms. The van der Waals surface area contributed by atoms with Gasteiger partial charge in [0.15, 0.2) is 11.5 Å². The van der Waals surface area contributed by atoms with Crippen molar-refractivity contribution in [1.29, 1.82) is 0 Å².